The van der Waals surface area contributed by atoms with Crippen molar-refractivity contribution in [1.29, 1.82) is 0 Å². The molecule has 1 heteroatoms. The second kappa shape index (κ2) is 3.38. The summed E-state index contributed by atoms with van der Waals surface area (Å²) in [4.78, 5) is 0. The maximum atomic E-state index is 3.45. The molecule has 0 saturated carbocycles. The lowest BCUT2D eigenvalue weighted by atomic mass is 9.80. The van der Waals surface area contributed by atoms with Crippen LogP contribution in [0.2, 0.25) is 0 Å². The Hall–Kier alpha value is -0.0400. The Morgan fingerprint density at radius 2 is 2.10 bits per heavy atom. The van der Waals surface area contributed by atoms with Crippen LogP contribution in [0.3, 0.4) is 0 Å². The minimum Gasteiger partial charge on any atom is -0.316 e. The molecule has 60 valence electrons. The van der Waals surface area contributed by atoms with Crippen LogP contribution in [0.5, 0.6) is 0 Å². The molecule has 0 radical (unpaired) electrons. The van der Waals surface area contributed by atoms with Gasteiger partial charge in [-0.2, -0.15) is 0 Å². The molecule has 0 spiro atoms. The van der Waals surface area contributed by atoms with Gasteiger partial charge >= 0.3 is 0 Å². The van der Waals surface area contributed by atoms with Crippen molar-refractivity contribution in [2.75, 3.05) is 13.1 Å². The van der Waals surface area contributed by atoms with Gasteiger partial charge in [-0.15, -0.1) is 0 Å². The van der Waals surface area contributed by atoms with E-state index in [9.17, 15) is 0 Å². The molecule has 1 nitrogen and oxygen atoms in total. The molecule has 0 bridgehead atoms. The summed E-state index contributed by atoms with van der Waals surface area (Å²) in [5.41, 5.74) is 0. The monoisotopic (exact) mass is 141 g/mol. The molecule has 0 aromatic rings. The highest BCUT2D eigenvalue weighted by Crippen LogP contribution is 2.24. The third-order valence-electron chi connectivity index (χ3n) is 2.74. The smallest absolute Gasteiger partial charge is 0.00155 e. The van der Waals surface area contributed by atoms with E-state index in [1.807, 2.05) is 0 Å². The van der Waals surface area contributed by atoms with E-state index in [1.165, 1.54) is 19.5 Å². The molecule has 0 aromatic carbocycles. The molecule has 0 aromatic heterocycles. The third-order valence-corrected chi connectivity index (χ3v) is 2.74. The third kappa shape index (κ3) is 1.72. The van der Waals surface area contributed by atoms with Crippen LogP contribution in [-0.2, 0) is 0 Å². The fraction of sp³-hybridized carbons (Fsp3) is 1.00. The minimum absolute atomic E-state index is 0.850. The van der Waals surface area contributed by atoms with Crippen molar-refractivity contribution in [3.63, 3.8) is 0 Å². The van der Waals surface area contributed by atoms with E-state index >= 15 is 0 Å². The summed E-state index contributed by atoms with van der Waals surface area (Å²) in [6, 6.07) is 0. The second-order valence-electron chi connectivity index (χ2n) is 3.88. The minimum atomic E-state index is 0.850. The molecule has 10 heavy (non-hydrogen) atoms. The van der Waals surface area contributed by atoms with Crippen molar-refractivity contribution in [1.82, 2.24) is 5.32 Å². The number of hydrogen-bond donors (Lipinski definition) is 1. The van der Waals surface area contributed by atoms with Crippen LogP contribution in [0.1, 0.15) is 27.2 Å². The van der Waals surface area contributed by atoms with Gasteiger partial charge in [0.15, 0.2) is 0 Å². The number of piperidine rings is 1. The van der Waals surface area contributed by atoms with E-state index in [1.54, 1.807) is 0 Å². The Kier molecular flexibility index (Phi) is 2.72. The SMILES string of the molecule is CC(C)C1CNCC[C@H]1C. The summed E-state index contributed by atoms with van der Waals surface area (Å²) in [5, 5.41) is 3.45. The van der Waals surface area contributed by atoms with Gasteiger partial charge in [-0.25, -0.2) is 0 Å². The molecule has 1 N–H and O–H groups in total. The van der Waals surface area contributed by atoms with E-state index in [0.717, 1.165) is 17.8 Å². The molecular formula is C9H19N. The Morgan fingerprint density at radius 3 is 2.50 bits per heavy atom. The molecule has 0 amide bonds. The van der Waals surface area contributed by atoms with E-state index in [4.69, 9.17) is 0 Å². The van der Waals surface area contributed by atoms with Crippen LogP contribution < -0.4 is 5.32 Å². The average Bonchev–Trinajstić information content (AvgIpc) is 1.88. The fourth-order valence-electron chi connectivity index (χ4n) is 1.91. The zero-order valence-corrected chi connectivity index (χ0v) is 7.35. The zero-order valence-electron chi connectivity index (χ0n) is 7.35. The first-order valence-corrected chi connectivity index (χ1v) is 4.42. The first-order valence-electron chi connectivity index (χ1n) is 4.42. The van der Waals surface area contributed by atoms with Gasteiger partial charge in [0.1, 0.15) is 0 Å². The second-order valence-corrected chi connectivity index (χ2v) is 3.88. The summed E-state index contributed by atoms with van der Waals surface area (Å²) in [6.07, 6.45) is 1.36. The lowest BCUT2D eigenvalue weighted by Gasteiger charge is -2.32. The molecule has 1 heterocycles. The van der Waals surface area contributed by atoms with Crippen molar-refractivity contribution in [3.05, 3.63) is 0 Å². The van der Waals surface area contributed by atoms with Crippen LogP contribution >= 0.6 is 0 Å². The average molecular weight is 141 g/mol. The summed E-state index contributed by atoms with van der Waals surface area (Å²) in [7, 11) is 0. The van der Waals surface area contributed by atoms with E-state index in [-0.39, 0.29) is 0 Å². The normalized spacial score (nSPS) is 34.8. The standard InChI is InChI=1S/C9H19N/c1-7(2)9-6-10-5-4-8(9)3/h7-10H,4-6H2,1-3H3/t8-,9?/m1/s1. The van der Waals surface area contributed by atoms with Gasteiger partial charge in [-0.05, 0) is 37.3 Å². The Morgan fingerprint density at radius 1 is 1.40 bits per heavy atom. The highest BCUT2D eigenvalue weighted by Gasteiger charge is 2.23. The van der Waals surface area contributed by atoms with Crippen molar-refractivity contribution < 1.29 is 0 Å². The lowest BCUT2D eigenvalue weighted by molar-refractivity contribution is 0.212. The van der Waals surface area contributed by atoms with Gasteiger partial charge in [-0.1, -0.05) is 20.8 Å². The molecule has 1 saturated heterocycles. The van der Waals surface area contributed by atoms with Crippen molar-refractivity contribution >= 4 is 0 Å². The highest BCUT2D eigenvalue weighted by atomic mass is 14.9. The predicted octanol–water partition coefficient (Wildman–Crippen LogP) is 1.89. The Labute approximate surface area is 64.2 Å². The van der Waals surface area contributed by atoms with Gasteiger partial charge in [0, 0.05) is 0 Å². The van der Waals surface area contributed by atoms with Gasteiger partial charge < -0.3 is 5.32 Å². The molecule has 2 atom stereocenters. The molecule has 1 unspecified atom stereocenters. The molecule has 1 fully saturated rings. The predicted molar refractivity (Wildman–Crippen MR) is 45.0 cm³/mol. The summed E-state index contributed by atoms with van der Waals surface area (Å²) < 4.78 is 0. The lowest BCUT2D eigenvalue weighted by Crippen LogP contribution is -2.37. The maximum Gasteiger partial charge on any atom is -0.00155 e. The number of rotatable bonds is 1. The van der Waals surface area contributed by atoms with Crippen LogP contribution in [0.25, 0.3) is 0 Å². The van der Waals surface area contributed by atoms with Crippen LogP contribution in [0, 0.1) is 17.8 Å². The number of nitrogens with one attached hydrogen (secondary N) is 1. The summed E-state index contributed by atoms with van der Waals surface area (Å²) >= 11 is 0. The van der Waals surface area contributed by atoms with Crippen LogP contribution in [0.15, 0.2) is 0 Å². The molecule has 1 rings (SSSR count). The van der Waals surface area contributed by atoms with Gasteiger partial charge in [0.05, 0.1) is 0 Å². The van der Waals surface area contributed by atoms with Gasteiger partial charge in [0.2, 0.25) is 0 Å². The summed E-state index contributed by atoms with van der Waals surface area (Å²) in [6.45, 7) is 9.50. The van der Waals surface area contributed by atoms with E-state index < -0.39 is 0 Å². The summed E-state index contributed by atoms with van der Waals surface area (Å²) in [5.74, 6) is 2.69. The largest absolute Gasteiger partial charge is 0.316 e. The van der Waals surface area contributed by atoms with Crippen LogP contribution in [0.4, 0.5) is 0 Å². The molecule has 1 aliphatic heterocycles. The topological polar surface area (TPSA) is 12.0 Å². The molecular weight excluding hydrogens is 122 g/mol. The van der Waals surface area contributed by atoms with Crippen LogP contribution in [-0.4, -0.2) is 13.1 Å². The van der Waals surface area contributed by atoms with Gasteiger partial charge in [0.25, 0.3) is 0 Å². The van der Waals surface area contributed by atoms with Crippen molar-refractivity contribution in [2.24, 2.45) is 17.8 Å². The highest BCUT2D eigenvalue weighted by molar-refractivity contribution is 4.76. The Balaban J connectivity index is 2.40. The first kappa shape index (κ1) is 8.06. The Bertz CT molecular complexity index is 98.9. The molecule has 1 aliphatic rings. The quantitative estimate of drug-likeness (QED) is 0.588. The molecule has 0 aliphatic carbocycles. The maximum absolute atomic E-state index is 3.45. The van der Waals surface area contributed by atoms with E-state index in [0.29, 0.717) is 0 Å². The van der Waals surface area contributed by atoms with E-state index in [2.05, 4.69) is 26.1 Å². The van der Waals surface area contributed by atoms with Crippen molar-refractivity contribution in [2.45, 2.75) is 27.2 Å². The fourth-order valence-corrected chi connectivity index (χ4v) is 1.91. The zero-order chi connectivity index (χ0) is 7.56. The van der Waals surface area contributed by atoms with Gasteiger partial charge in [-0.3, -0.25) is 0 Å². The van der Waals surface area contributed by atoms with Crippen molar-refractivity contribution in [3.8, 4) is 0 Å². The first-order chi connectivity index (χ1) is 4.72. The number of hydrogen-bond acceptors (Lipinski definition) is 1.